The lowest BCUT2D eigenvalue weighted by molar-refractivity contribution is 0.0179. The molecule has 7 heteroatoms. The summed E-state index contributed by atoms with van der Waals surface area (Å²) >= 11 is 0. The molecule has 136 valence electrons. The van der Waals surface area contributed by atoms with Crippen molar-refractivity contribution in [3.05, 3.63) is 35.6 Å². The molecule has 0 bridgehead atoms. The Balaban J connectivity index is 0.00000288. The van der Waals surface area contributed by atoms with Gasteiger partial charge in [0.2, 0.25) is 0 Å². The van der Waals surface area contributed by atoms with Crippen molar-refractivity contribution in [2.45, 2.75) is 19.9 Å². The number of hydrogen-bond donors (Lipinski definition) is 1. The lowest BCUT2D eigenvalue weighted by atomic mass is 10.0. The molecule has 1 atom stereocenters. The minimum atomic E-state index is -0.222. The molecule has 1 aliphatic heterocycles. The third-order valence-corrected chi connectivity index (χ3v) is 4.25. The van der Waals surface area contributed by atoms with Crippen molar-refractivity contribution in [2.24, 2.45) is 10.7 Å². The summed E-state index contributed by atoms with van der Waals surface area (Å²) in [5.74, 6) is 0.344. The summed E-state index contributed by atoms with van der Waals surface area (Å²) in [6.45, 7) is 9.49. The summed E-state index contributed by atoms with van der Waals surface area (Å²) < 4.78 is 18.6. The van der Waals surface area contributed by atoms with E-state index in [0.717, 1.165) is 31.7 Å². The van der Waals surface area contributed by atoms with Crippen LogP contribution in [0.25, 0.3) is 0 Å². The zero-order chi connectivity index (χ0) is 16.7. The van der Waals surface area contributed by atoms with Crippen LogP contribution in [0.1, 0.15) is 25.5 Å². The van der Waals surface area contributed by atoms with Crippen molar-refractivity contribution in [2.75, 3.05) is 45.9 Å². The van der Waals surface area contributed by atoms with Crippen molar-refractivity contribution >= 4 is 29.9 Å². The molecule has 5 nitrogen and oxygen atoms in total. The third-order valence-electron chi connectivity index (χ3n) is 4.25. The van der Waals surface area contributed by atoms with E-state index in [1.54, 1.807) is 0 Å². The number of aliphatic imine (C=N–C) groups is 1. The SMILES string of the molecule is CCN(CC)C(N)=NCC(c1ccc(F)cc1)N1CCOCC1.I. The first-order valence-electron chi connectivity index (χ1n) is 8.27. The van der Waals surface area contributed by atoms with E-state index in [1.807, 2.05) is 17.0 Å². The number of hydrogen-bond acceptors (Lipinski definition) is 3. The maximum atomic E-state index is 13.2. The van der Waals surface area contributed by atoms with Crippen LogP contribution in [0, 0.1) is 5.82 Å². The fourth-order valence-corrected chi connectivity index (χ4v) is 2.83. The average molecular weight is 450 g/mol. The minimum absolute atomic E-state index is 0. The largest absolute Gasteiger partial charge is 0.379 e. The molecule has 2 N–H and O–H groups in total. The second kappa shape index (κ2) is 10.8. The Morgan fingerprint density at radius 2 is 1.83 bits per heavy atom. The Morgan fingerprint density at radius 3 is 2.38 bits per heavy atom. The molecular weight excluding hydrogens is 422 g/mol. The van der Waals surface area contributed by atoms with Gasteiger partial charge in [0.1, 0.15) is 5.82 Å². The number of rotatable bonds is 6. The van der Waals surface area contributed by atoms with Crippen LogP contribution in [-0.2, 0) is 4.74 Å². The molecular formula is C17H28FIN4O. The molecule has 0 radical (unpaired) electrons. The minimum Gasteiger partial charge on any atom is -0.379 e. The zero-order valence-corrected chi connectivity index (χ0v) is 16.8. The van der Waals surface area contributed by atoms with Gasteiger partial charge in [0, 0.05) is 26.2 Å². The van der Waals surface area contributed by atoms with E-state index in [4.69, 9.17) is 10.5 Å². The molecule has 24 heavy (non-hydrogen) atoms. The van der Waals surface area contributed by atoms with Crippen LogP contribution >= 0.6 is 24.0 Å². The summed E-state index contributed by atoms with van der Waals surface area (Å²) in [6, 6.07) is 6.76. The van der Waals surface area contributed by atoms with Crippen molar-refractivity contribution in [1.29, 1.82) is 0 Å². The Bertz CT molecular complexity index is 502. The summed E-state index contributed by atoms with van der Waals surface area (Å²) in [5.41, 5.74) is 7.15. The van der Waals surface area contributed by atoms with Crippen LogP contribution in [-0.4, -0.2) is 61.7 Å². The van der Waals surface area contributed by atoms with Gasteiger partial charge >= 0.3 is 0 Å². The highest BCUT2D eigenvalue weighted by atomic mass is 127. The van der Waals surface area contributed by atoms with E-state index in [-0.39, 0.29) is 35.8 Å². The molecule has 0 amide bonds. The van der Waals surface area contributed by atoms with Gasteiger partial charge in [-0.1, -0.05) is 12.1 Å². The molecule has 0 aliphatic carbocycles. The van der Waals surface area contributed by atoms with Gasteiger partial charge in [-0.05, 0) is 31.5 Å². The molecule has 1 unspecified atom stereocenters. The Morgan fingerprint density at radius 1 is 1.25 bits per heavy atom. The zero-order valence-electron chi connectivity index (χ0n) is 14.4. The second-order valence-electron chi connectivity index (χ2n) is 5.59. The normalized spacial score (nSPS) is 17.2. The van der Waals surface area contributed by atoms with Crippen LogP contribution in [0.3, 0.4) is 0 Å². The maximum absolute atomic E-state index is 13.2. The van der Waals surface area contributed by atoms with Gasteiger partial charge in [-0.2, -0.15) is 0 Å². The third kappa shape index (κ3) is 5.86. The first-order valence-corrected chi connectivity index (χ1v) is 8.27. The van der Waals surface area contributed by atoms with Crippen molar-refractivity contribution in [3.63, 3.8) is 0 Å². The number of ether oxygens (including phenoxy) is 1. The fraction of sp³-hybridized carbons (Fsp3) is 0.588. The molecule has 1 saturated heterocycles. The van der Waals surface area contributed by atoms with E-state index < -0.39 is 0 Å². The molecule has 1 aromatic rings. The lowest BCUT2D eigenvalue weighted by Gasteiger charge is -2.34. The van der Waals surface area contributed by atoms with E-state index in [1.165, 1.54) is 12.1 Å². The molecule has 1 fully saturated rings. The molecule has 2 rings (SSSR count). The predicted molar refractivity (Wildman–Crippen MR) is 106 cm³/mol. The topological polar surface area (TPSA) is 54.1 Å². The van der Waals surface area contributed by atoms with Crippen LogP contribution in [0.2, 0.25) is 0 Å². The number of nitrogens with zero attached hydrogens (tertiary/aromatic N) is 3. The number of halogens is 2. The van der Waals surface area contributed by atoms with E-state index in [0.29, 0.717) is 25.7 Å². The van der Waals surface area contributed by atoms with Gasteiger partial charge < -0.3 is 15.4 Å². The summed E-state index contributed by atoms with van der Waals surface area (Å²) in [5, 5.41) is 0. The summed E-state index contributed by atoms with van der Waals surface area (Å²) in [6.07, 6.45) is 0. The number of benzene rings is 1. The maximum Gasteiger partial charge on any atom is 0.191 e. The van der Waals surface area contributed by atoms with Gasteiger partial charge in [0.05, 0.1) is 25.8 Å². The summed E-state index contributed by atoms with van der Waals surface area (Å²) in [7, 11) is 0. The van der Waals surface area contributed by atoms with E-state index in [9.17, 15) is 4.39 Å². The van der Waals surface area contributed by atoms with Crippen molar-refractivity contribution < 1.29 is 9.13 Å². The monoisotopic (exact) mass is 450 g/mol. The summed E-state index contributed by atoms with van der Waals surface area (Å²) in [4.78, 5) is 8.94. The Hall–Kier alpha value is -0.930. The quantitative estimate of drug-likeness (QED) is 0.411. The number of guanidine groups is 1. The first kappa shape index (κ1) is 21.1. The second-order valence-corrected chi connectivity index (χ2v) is 5.59. The highest BCUT2D eigenvalue weighted by Gasteiger charge is 2.22. The number of morpholine rings is 1. The molecule has 1 heterocycles. The van der Waals surface area contributed by atoms with Crippen LogP contribution < -0.4 is 5.73 Å². The molecule has 1 aliphatic rings. The standard InChI is InChI=1S/C17H27FN4O.HI/c1-3-21(4-2)17(19)20-13-16(22-9-11-23-12-10-22)14-5-7-15(18)8-6-14;/h5-8,16H,3-4,9-13H2,1-2H3,(H2,19,20);1H. The molecule has 0 aromatic heterocycles. The first-order chi connectivity index (χ1) is 11.2. The average Bonchev–Trinajstić information content (AvgIpc) is 2.58. The molecule has 1 aromatic carbocycles. The van der Waals surface area contributed by atoms with Gasteiger partial charge in [0.25, 0.3) is 0 Å². The van der Waals surface area contributed by atoms with Crippen molar-refractivity contribution in [3.8, 4) is 0 Å². The Kier molecular flexibility index (Phi) is 9.53. The molecule has 0 spiro atoms. The van der Waals surface area contributed by atoms with Crippen LogP contribution in [0.4, 0.5) is 4.39 Å². The van der Waals surface area contributed by atoms with Gasteiger partial charge in [-0.15, -0.1) is 24.0 Å². The fourth-order valence-electron chi connectivity index (χ4n) is 2.83. The highest BCUT2D eigenvalue weighted by molar-refractivity contribution is 14.0. The van der Waals surface area contributed by atoms with E-state index in [2.05, 4.69) is 23.7 Å². The van der Waals surface area contributed by atoms with Crippen LogP contribution in [0.5, 0.6) is 0 Å². The molecule has 0 saturated carbocycles. The predicted octanol–water partition coefficient (Wildman–Crippen LogP) is 2.47. The lowest BCUT2D eigenvalue weighted by Crippen LogP contribution is -2.41. The van der Waals surface area contributed by atoms with Crippen molar-refractivity contribution in [1.82, 2.24) is 9.80 Å². The Labute approximate surface area is 161 Å². The van der Waals surface area contributed by atoms with Gasteiger partial charge in [-0.25, -0.2) is 4.39 Å². The van der Waals surface area contributed by atoms with E-state index >= 15 is 0 Å². The highest BCUT2D eigenvalue weighted by Crippen LogP contribution is 2.22. The smallest absolute Gasteiger partial charge is 0.191 e. The van der Waals surface area contributed by atoms with Gasteiger partial charge in [0.15, 0.2) is 5.96 Å². The van der Waals surface area contributed by atoms with Crippen LogP contribution in [0.15, 0.2) is 29.3 Å². The number of nitrogens with two attached hydrogens (primary N) is 1. The van der Waals surface area contributed by atoms with Gasteiger partial charge in [-0.3, -0.25) is 9.89 Å².